The van der Waals surface area contributed by atoms with E-state index >= 15 is 0 Å². The number of unbranched alkanes of at least 4 members (excludes halogenated alkanes) is 2. The molecule has 0 aliphatic heterocycles. The third kappa shape index (κ3) is 5.83. The summed E-state index contributed by atoms with van der Waals surface area (Å²) in [4.78, 5) is 0. The molecule has 1 saturated carbocycles. The summed E-state index contributed by atoms with van der Waals surface area (Å²) in [6.07, 6.45) is 9.36. The molecule has 1 aliphatic rings. The molecule has 2 unspecified atom stereocenters. The predicted molar refractivity (Wildman–Crippen MR) is 66.8 cm³/mol. The molecule has 1 N–H and O–H groups in total. The zero-order chi connectivity index (χ0) is 11.6. The van der Waals surface area contributed by atoms with E-state index in [2.05, 4.69) is 5.32 Å². The predicted octanol–water partition coefficient (Wildman–Crippen LogP) is 2.35. The average Bonchev–Trinajstić information content (AvgIpc) is 2.34. The van der Waals surface area contributed by atoms with Crippen molar-refractivity contribution in [3.63, 3.8) is 0 Å². The van der Waals surface area contributed by atoms with Gasteiger partial charge in [-0.1, -0.05) is 0 Å². The van der Waals surface area contributed by atoms with Crippen molar-refractivity contribution in [1.29, 1.82) is 0 Å². The lowest BCUT2D eigenvalue weighted by Crippen LogP contribution is -2.27. The molecule has 0 aromatic carbocycles. The van der Waals surface area contributed by atoms with Crippen LogP contribution in [-0.2, 0) is 9.47 Å². The van der Waals surface area contributed by atoms with Crippen LogP contribution in [-0.4, -0.2) is 39.5 Å². The van der Waals surface area contributed by atoms with Crippen LogP contribution < -0.4 is 5.32 Å². The van der Waals surface area contributed by atoms with E-state index in [4.69, 9.17) is 9.47 Å². The second-order valence-corrected chi connectivity index (χ2v) is 4.68. The fourth-order valence-corrected chi connectivity index (χ4v) is 2.30. The van der Waals surface area contributed by atoms with Gasteiger partial charge in [0.25, 0.3) is 0 Å². The first-order valence-corrected chi connectivity index (χ1v) is 6.65. The number of nitrogens with one attached hydrogen (secondary N) is 1. The minimum absolute atomic E-state index is 0.433. The van der Waals surface area contributed by atoms with Crippen molar-refractivity contribution in [2.24, 2.45) is 0 Å². The van der Waals surface area contributed by atoms with E-state index in [9.17, 15) is 0 Å². The molecule has 1 rings (SSSR count). The fourth-order valence-electron chi connectivity index (χ4n) is 2.30. The highest BCUT2D eigenvalue weighted by Crippen LogP contribution is 2.23. The van der Waals surface area contributed by atoms with E-state index in [0.29, 0.717) is 12.2 Å². The number of methoxy groups -OCH3 is 1. The van der Waals surface area contributed by atoms with Crippen molar-refractivity contribution in [2.75, 3.05) is 27.3 Å². The molecule has 0 spiro atoms. The summed E-state index contributed by atoms with van der Waals surface area (Å²) in [6.45, 7) is 2.04. The molecule has 1 fully saturated rings. The molecule has 1 aliphatic carbocycles. The first-order chi connectivity index (χ1) is 7.86. The lowest BCUT2D eigenvalue weighted by atomic mass is 9.95. The van der Waals surface area contributed by atoms with Crippen LogP contribution in [0, 0.1) is 0 Å². The Labute approximate surface area is 99.9 Å². The first-order valence-electron chi connectivity index (χ1n) is 6.65. The SMILES string of the molecule is CNCCCCCOC1CCCC(OC)C1. The number of rotatable bonds is 8. The largest absolute Gasteiger partial charge is 0.381 e. The molecular weight excluding hydrogens is 202 g/mol. The molecule has 16 heavy (non-hydrogen) atoms. The number of ether oxygens (including phenoxy) is 2. The van der Waals surface area contributed by atoms with Crippen molar-refractivity contribution in [3.8, 4) is 0 Å². The molecule has 0 saturated heterocycles. The maximum absolute atomic E-state index is 5.89. The van der Waals surface area contributed by atoms with Gasteiger partial charge in [-0.3, -0.25) is 0 Å². The van der Waals surface area contributed by atoms with Crippen molar-refractivity contribution < 1.29 is 9.47 Å². The topological polar surface area (TPSA) is 30.5 Å². The summed E-state index contributed by atoms with van der Waals surface area (Å²) in [5.41, 5.74) is 0. The smallest absolute Gasteiger partial charge is 0.0599 e. The average molecular weight is 229 g/mol. The summed E-state index contributed by atoms with van der Waals surface area (Å²) in [5.74, 6) is 0. The zero-order valence-electron chi connectivity index (χ0n) is 10.8. The Morgan fingerprint density at radius 2 is 1.94 bits per heavy atom. The lowest BCUT2D eigenvalue weighted by molar-refractivity contribution is -0.0302. The van der Waals surface area contributed by atoms with Crippen LogP contribution in [0.25, 0.3) is 0 Å². The van der Waals surface area contributed by atoms with Crippen LogP contribution in [0.5, 0.6) is 0 Å². The Kier molecular flexibility index (Phi) is 7.81. The van der Waals surface area contributed by atoms with E-state index in [-0.39, 0.29) is 0 Å². The summed E-state index contributed by atoms with van der Waals surface area (Å²) < 4.78 is 11.3. The van der Waals surface area contributed by atoms with Crippen LogP contribution in [0.3, 0.4) is 0 Å². The van der Waals surface area contributed by atoms with Gasteiger partial charge in [0.05, 0.1) is 12.2 Å². The van der Waals surface area contributed by atoms with E-state index in [1.54, 1.807) is 0 Å². The Balaban J connectivity index is 1.95. The molecule has 3 nitrogen and oxygen atoms in total. The van der Waals surface area contributed by atoms with E-state index < -0.39 is 0 Å². The van der Waals surface area contributed by atoms with Gasteiger partial charge in [0.2, 0.25) is 0 Å². The molecular formula is C13H27NO2. The highest BCUT2D eigenvalue weighted by atomic mass is 16.5. The molecule has 0 aromatic rings. The van der Waals surface area contributed by atoms with Gasteiger partial charge in [-0.05, 0) is 58.5 Å². The molecule has 96 valence electrons. The number of hydrogen-bond acceptors (Lipinski definition) is 3. The highest BCUT2D eigenvalue weighted by Gasteiger charge is 2.21. The zero-order valence-corrected chi connectivity index (χ0v) is 10.8. The fraction of sp³-hybridized carbons (Fsp3) is 1.00. The van der Waals surface area contributed by atoms with E-state index in [1.807, 2.05) is 14.2 Å². The van der Waals surface area contributed by atoms with Gasteiger partial charge < -0.3 is 14.8 Å². The molecule has 2 atom stereocenters. The van der Waals surface area contributed by atoms with Gasteiger partial charge >= 0.3 is 0 Å². The summed E-state index contributed by atoms with van der Waals surface area (Å²) in [7, 11) is 3.81. The number of hydrogen-bond donors (Lipinski definition) is 1. The Hall–Kier alpha value is -0.120. The van der Waals surface area contributed by atoms with E-state index in [1.165, 1.54) is 38.5 Å². The normalized spacial score (nSPS) is 25.9. The van der Waals surface area contributed by atoms with Crippen molar-refractivity contribution in [2.45, 2.75) is 57.2 Å². The van der Waals surface area contributed by atoms with Crippen LogP contribution in [0.2, 0.25) is 0 Å². The highest BCUT2D eigenvalue weighted by molar-refractivity contribution is 4.73. The van der Waals surface area contributed by atoms with Crippen molar-refractivity contribution in [3.05, 3.63) is 0 Å². The van der Waals surface area contributed by atoms with Gasteiger partial charge in [-0.2, -0.15) is 0 Å². The Morgan fingerprint density at radius 1 is 1.12 bits per heavy atom. The first kappa shape index (κ1) is 13.9. The van der Waals surface area contributed by atoms with Gasteiger partial charge in [0, 0.05) is 13.7 Å². The van der Waals surface area contributed by atoms with Gasteiger partial charge in [-0.15, -0.1) is 0 Å². The van der Waals surface area contributed by atoms with Gasteiger partial charge in [0.15, 0.2) is 0 Å². The van der Waals surface area contributed by atoms with Crippen LogP contribution >= 0.6 is 0 Å². The van der Waals surface area contributed by atoms with E-state index in [0.717, 1.165) is 19.6 Å². The Bertz CT molecular complexity index is 164. The third-order valence-corrected chi connectivity index (χ3v) is 3.34. The summed E-state index contributed by atoms with van der Waals surface area (Å²) in [6, 6.07) is 0. The second-order valence-electron chi connectivity index (χ2n) is 4.68. The standard InChI is InChI=1S/C13H27NO2/c1-14-9-4-3-5-10-16-13-8-6-7-12(11-13)15-2/h12-14H,3-11H2,1-2H3. The molecule has 0 radical (unpaired) electrons. The second kappa shape index (κ2) is 8.97. The molecule has 0 bridgehead atoms. The van der Waals surface area contributed by atoms with Gasteiger partial charge in [-0.25, -0.2) is 0 Å². The third-order valence-electron chi connectivity index (χ3n) is 3.34. The lowest BCUT2D eigenvalue weighted by Gasteiger charge is -2.28. The van der Waals surface area contributed by atoms with Crippen molar-refractivity contribution in [1.82, 2.24) is 5.32 Å². The molecule has 3 heteroatoms. The Morgan fingerprint density at radius 3 is 2.69 bits per heavy atom. The molecule has 0 aromatic heterocycles. The van der Waals surface area contributed by atoms with Crippen molar-refractivity contribution >= 4 is 0 Å². The summed E-state index contributed by atoms with van der Waals surface area (Å²) in [5, 5.41) is 3.16. The quantitative estimate of drug-likeness (QED) is 0.648. The molecule has 0 heterocycles. The molecule has 0 amide bonds. The van der Waals surface area contributed by atoms with Crippen LogP contribution in [0.15, 0.2) is 0 Å². The van der Waals surface area contributed by atoms with Gasteiger partial charge in [0.1, 0.15) is 0 Å². The summed E-state index contributed by atoms with van der Waals surface area (Å²) >= 11 is 0. The maximum Gasteiger partial charge on any atom is 0.0599 e. The minimum Gasteiger partial charge on any atom is -0.381 e. The van der Waals surface area contributed by atoms with Crippen LogP contribution in [0.4, 0.5) is 0 Å². The minimum atomic E-state index is 0.433. The monoisotopic (exact) mass is 229 g/mol. The maximum atomic E-state index is 5.89. The van der Waals surface area contributed by atoms with Crippen LogP contribution in [0.1, 0.15) is 44.9 Å².